The van der Waals surface area contributed by atoms with Gasteiger partial charge < -0.3 is 9.64 Å². The van der Waals surface area contributed by atoms with Crippen molar-refractivity contribution in [2.45, 2.75) is 45.8 Å². The first-order valence-electron chi connectivity index (χ1n) is 8.63. The Labute approximate surface area is 144 Å². The first-order chi connectivity index (χ1) is 11.6. The Hall–Kier alpha value is -2.47. The molecule has 3 rings (SSSR count). The Morgan fingerprint density at radius 1 is 1.17 bits per heavy atom. The van der Waals surface area contributed by atoms with Crippen molar-refractivity contribution in [3.05, 3.63) is 59.2 Å². The van der Waals surface area contributed by atoms with Gasteiger partial charge in [0, 0.05) is 6.54 Å². The number of nitrogens with zero attached hydrogens (tertiary/aromatic N) is 2. The molecule has 0 aromatic heterocycles. The van der Waals surface area contributed by atoms with Gasteiger partial charge in [0.05, 0.1) is 23.9 Å². The third-order valence-corrected chi connectivity index (χ3v) is 4.98. The minimum Gasteiger partial charge on any atom is -0.483 e. The minimum atomic E-state index is -0.144. The van der Waals surface area contributed by atoms with Gasteiger partial charge in [-0.05, 0) is 55.2 Å². The van der Waals surface area contributed by atoms with Crippen LogP contribution in [0.3, 0.4) is 0 Å². The number of ether oxygens (including phenoxy) is 1. The van der Waals surface area contributed by atoms with Crippen LogP contribution in [0.25, 0.3) is 0 Å². The van der Waals surface area contributed by atoms with Crippen molar-refractivity contribution in [1.82, 2.24) is 0 Å². The van der Waals surface area contributed by atoms with Crippen LogP contribution in [0.15, 0.2) is 42.5 Å². The van der Waals surface area contributed by atoms with Crippen LogP contribution in [0.5, 0.6) is 5.75 Å². The first kappa shape index (κ1) is 16.4. The third-order valence-electron chi connectivity index (χ3n) is 4.98. The topological polar surface area (TPSA) is 36.3 Å². The molecule has 0 saturated heterocycles. The van der Waals surface area contributed by atoms with Crippen LogP contribution in [-0.2, 0) is 6.54 Å². The largest absolute Gasteiger partial charge is 0.483 e. The lowest BCUT2D eigenvalue weighted by Crippen LogP contribution is -2.50. The van der Waals surface area contributed by atoms with Crippen molar-refractivity contribution >= 4 is 5.69 Å². The molecule has 0 atom stereocenters. The highest BCUT2D eigenvalue weighted by Crippen LogP contribution is 2.40. The highest BCUT2D eigenvalue weighted by Gasteiger charge is 2.36. The maximum absolute atomic E-state index is 9.14. The predicted octanol–water partition coefficient (Wildman–Crippen LogP) is 4.82. The summed E-state index contributed by atoms with van der Waals surface area (Å²) in [4.78, 5) is 2.40. The molecule has 1 aliphatic rings. The van der Waals surface area contributed by atoms with Gasteiger partial charge in [0.15, 0.2) is 0 Å². The second-order valence-electron chi connectivity index (χ2n) is 6.63. The average molecular weight is 320 g/mol. The molecule has 0 saturated carbocycles. The van der Waals surface area contributed by atoms with E-state index in [0.29, 0.717) is 5.56 Å². The van der Waals surface area contributed by atoms with E-state index in [1.165, 1.54) is 5.56 Å². The minimum absolute atomic E-state index is 0.144. The SMILES string of the molecule is CCC1(CC)CN(Cc2cccc(C#N)c2)c2cc(C)ccc2O1. The number of benzene rings is 2. The first-order valence-corrected chi connectivity index (χ1v) is 8.63. The highest BCUT2D eigenvalue weighted by molar-refractivity contribution is 5.62. The summed E-state index contributed by atoms with van der Waals surface area (Å²) in [6.07, 6.45) is 1.96. The van der Waals surface area contributed by atoms with Gasteiger partial charge in [-0.2, -0.15) is 5.26 Å². The quantitative estimate of drug-likeness (QED) is 0.810. The Kier molecular flexibility index (Phi) is 4.49. The molecule has 1 aliphatic heterocycles. The van der Waals surface area contributed by atoms with Crippen LogP contribution < -0.4 is 9.64 Å². The van der Waals surface area contributed by atoms with Crippen LogP contribution in [0.4, 0.5) is 5.69 Å². The molecule has 3 nitrogen and oxygen atoms in total. The number of rotatable bonds is 4. The van der Waals surface area contributed by atoms with Crippen molar-refractivity contribution in [1.29, 1.82) is 5.26 Å². The zero-order valence-corrected chi connectivity index (χ0v) is 14.7. The summed E-state index contributed by atoms with van der Waals surface area (Å²) in [7, 11) is 0. The summed E-state index contributed by atoms with van der Waals surface area (Å²) in [5.74, 6) is 0.965. The molecule has 2 aromatic rings. The fourth-order valence-electron chi connectivity index (χ4n) is 3.38. The Balaban J connectivity index is 1.98. The van der Waals surface area contributed by atoms with Crippen LogP contribution in [-0.4, -0.2) is 12.1 Å². The van der Waals surface area contributed by atoms with E-state index >= 15 is 0 Å². The van der Waals surface area contributed by atoms with E-state index in [1.807, 2.05) is 18.2 Å². The van der Waals surface area contributed by atoms with Gasteiger partial charge in [0.25, 0.3) is 0 Å². The number of aryl methyl sites for hydroxylation is 1. The molecule has 0 spiro atoms. The highest BCUT2D eigenvalue weighted by atomic mass is 16.5. The van der Waals surface area contributed by atoms with Crippen molar-refractivity contribution in [2.75, 3.05) is 11.4 Å². The molecule has 24 heavy (non-hydrogen) atoms. The van der Waals surface area contributed by atoms with E-state index in [9.17, 15) is 0 Å². The summed E-state index contributed by atoms with van der Waals surface area (Å²) < 4.78 is 6.39. The number of hydrogen-bond acceptors (Lipinski definition) is 3. The van der Waals surface area contributed by atoms with Crippen LogP contribution in [0.2, 0.25) is 0 Å². The van der Waals surface area contributed by atoms with E-state index < -0.39 is 0 Å². The normalized spacial score (nSPS) is 15.3. The monoisotopic (exact) mass is 320 g/mol. The zero-order chi connectivity index (χ0) is 17.2. The van der Waals surface area contributed by atoms with E-state index in [0.717, 1.165) is 42.9 Å². The van der Waals surface area contributed by atoms with Crippen LogP contribution >= 0.6 is 0 Å². The number of nitriles is 1. The van der Waals surface area contributed by atoms with E-state index in [-0.39, 0.29) is 5.60 Å². The van der Waals surface area contributed by atoms with Crippen molar-refractivity contribution < 1.29 is 4.74 Å². The van der Waals surface area contributed by atoms with E-state index in [4.69, 9.17) is 10.00 Å². The number of fused-ring (bicyclic) bond motifs is 1. The Morgan fingerprint density at radius 2 is 1.96 bits per heavy atom. The lowest BCUT2D eigenvalue weighted by Gasteiger charge is -2.44. The molecule has 0 bridgehead atoms. The smallest absolute Gasteiger partial charge is 0.143 e. The van der Waals surface area contributed by atoms with Crippen LogP contribution in [0.1, 0.15) is 43.4 Å². The van der Waals surface area contributed by atoms with Crippen molar-refractivity contribution in [3.8, 4) is 11.8 Å². The van der Waals surface area contributed by atoms with Gasteiger partial charge in [-0.3, -0.25) is 0 Å². The Morgan fingerprint density at radius 3 is 2.67 bits per heavy atom. The summed E-state index contributed by atoms with van der Waals surface area (Å²) in [6, 6.07) is 16.5. The molecule has 0 fully saturated rings. The molecule has 0 radical (unpaired) electrons. The van der Waals surface area contributed by atoms with Gasteiger partial charge >= 0.3 is 0 Å². The van der Waals surface area contributed by atoms with Gasteiger partial charge in [-0.15, -0.1) is 0 Å². The standard InChI is InChI=1S/C21H24N2O/c1-4-21(5-2)15-23(14-18-8-6-7-17(12-18)13-22)19-11-16(3)9-10-20(19)24-21/h6-12H,4-5,14-15H2,1-3H3. The molecule has 3 heteroatoms. The maximum atomic E-state index is 9.14. The third kappa shape index (κ3) is 3.10. The lowest BCUT2D eigenvalue weighted by molar-refractivity contribution is 0.0570. The summed E-state index contributed by atoms with van der Waals surface area (Å²) in [6.45, 7) is 8.15. The second kappa shape index (κ2) is 6.57. The molecule has 0 unspecified atom stereocenters. The van der Waals surface area contributed by atoms with Gasteiger partial charge in [0.1, 0.15) is 11.4 Å². The molecule has 0 aliphatic carbocycles. The van der Waals surface area contributed by atoms with Crippen molar-refractivity contribution in [2.24, 2.45) is 0 Å². The van der Waals surface area contributed by atoms with Crippen molar-refractivity contribution in [3.63, 3.8) is 0 Å². The fraction of sp³-hybridized carbons (Fsp3) is 0.381. The average Bonchev–Trinajstić information content (AvgIpc) is 2.62. The second-order valence-corrected chi connectivity index (χ2v) is 6.63. The molecule has 0 N–H and O–H groups in total. The lowest BCUT2D eigenvalue weighted by atomic mass is 9.93. The van der Waals surface area contributed by atoms with Crippen LogP contribution in [0, 0.1) is 18.3 Å². The number of hydrogen-bond donors (Lipinski definition) is 0. The van der Waals surface area contributed by atoms with Gasteiger partial charge in [0.2, 0.25) is 0 Å². The molecule has 0 amide bonds. The summed E-state index contributed by atoms with van der Waals surface area (Å²) in [5, 5.41) is 9.14. The maximum Gasteiger partial charge on any atom is 0.143 e. The molecule has 124 valence electrons. The van der Waals surface area contributed by atoms with E-state index in [1.54, 1.807) is 0 Å². The summed E-state index contributed by atoms with van der Waals surface area (Å²) in [5.41, 5.74) is 4.10. The zero-order valence-electron chi connectivity index (χ0n) is 14.7. The molecular weight excluding hydrogens is 296 g/mol. The van der Waals surface area contributed by atoms with E-state index in [2.05, 4.69) is 56.0 Å². The predicted molar refractivity (Wildman–Crippen MR) is 97.3 cm³/mol. The molecule has 1 heterocycles. The Bertz CT molecular complexity index is 772. The number of anilines is 1. The van der Waals surface area contributed by atoms with Gasteiger partial charge in [-0.1, -0.05) is 32.0 Å². The summed E-state index contributed by atoms with van der Waals surface area (Å²) >= 11 is 0. The molecule has 2 aromatic carbocycles. The fourth-order valence-corrected chi connectivity index (χ4v) is 3.38. The molecular formula is C21H24N2O. The van der Waals surface area contributed by atoms with Gasteiger partial charge in [-0.25, -0.2) is 0 Å².